The monoisotopic (exact) mass is 388 g/mol. The predicted octanol–water partition coefficient (Wildman–Crippen LogP) is 4.56. The summed E-state index contributed by atoms with van der Waals surface area (Å²) in [6.07, 6.45) is -0.275. The number of carboxylic acids is 1. The first-order valence-electron chi connectivity index (χ1n) is 7.87. The van der Waals surface area contributed by atoms with E-state index in [0.29, 0.717) is 22.3 Å². The molecule has 0 saturated heterocycles. The molecule has 138 valence electrons. The van der Waals surface area contributed by atoms with Gasteiger partial charge in [0.1, 0.15) is 17.4 Å². The van der Waals surface area contributed by atoms with Gasteiger partial charge in [0, 0.05) is 16.5 Å². The lowest BCUT2D eigenvalue weighted by Gasteiger charge is -2.04. The van der Waals surface area contributed by atoms with E-state index in [1.54, 1.807) is 24.3 Å². The summed E-state index contributed by atoms with van der Waals surface area (Å²) in [4.78, 5) is 24.7. The Hall–Kier alpha value is -3.06. The Morgan fingerprint density at radius 2 is 1.67 bits per heavy atom. The number of methoxy groups -OCH3 is 1. The van der Waals surface area contributed by atoms with Gasteiger partial charge in [0.25, 0.3) is 0 Å². The molecule has 0 saturated carbocycles. The second-order valence-electron chi connectivity index (χ2n) is 5.75. The molecule has 0 fully saturated rings. The predicted molar refractivity (Wildman–Crippen MR) is 97.4 cm³/mol. The molecule has 1 aromatic heterocycles. The van der Waals surface area contributed by atoms with Gasteiger partial charge in [-0.2, -0.15) is 0 Å². The molecule has 3 rings (SSSR count). The van der Waals surface area contributed by atoms with E-state index in [1.165, 1.54) is 13.2 Å². The molecular formula is C20H14F2O4S. The van der Waals surface area contributed by atoms with Crippen LogP contribution in [0.4, 0.5) is 8.78 Å². The van der Waals surface area contributed by atoms with Gasteiger partial charge in [-0.3, -0.25) is 9.59 Å². The number of hydrogen-bond donors (Lipinski definition) is 1. The molecular weight excluding hydrogens is 374 g/mol. The maximum atomic E-state index is 13.4. The average molecular weight is 388 g/mol. The van der Waals surface area contributed by atoms with Crippen LogP contribution in [0, 0.1) is 11.6 Å². The summed E-state index contributed by atoms with van der Waals surface area (Å²) in [6.45, 7) is 0. The Morgan fingerprint density at radius 3 is 2.22 bits per heavy atom. The number of aliphatic carboxylic acids is 1. The minimum atomic E-state index is -1.04. The minimum Gasteiger partial charge on any atom is -0.497 e. The highest BCUT2D eigenvalue weighted by Gasteiger charge is 2.20. The van der Waals surface area contributed by atoms with Gasteiger partial charge >= 0.3 is 5.97 Å². The zero-order chi connectivity index (χ0) is 19.6. The number of rotatable bonds is 6. The molecule has 1 N–H and O–H groups in total. The normalized spacial score (nSPS) is 10.6. The molecule has 0 radical (unpaired) electrons. The summed E-state index contributed by atoms with van der Waals surface area (Å²) < 4.78 is 31.9. The second kappa shape index (κ2) is 7.67. The van der Waals surface area contributed by atoms with Crippen molar-refractivity contribution in [1.82, 2.24) is 0 Å². The largest absolute Gasteiger partial charge is 0.497 e. The number of carbonyl (C=O) groups is 2. The third kappa shape index (κ3) is 4.20. The third-order valence-corrected chi connectivity index (χ3v) is 5.08. The van der Waals surface area contributed by atoms with Gasteiger partial charge < -0.3 is 9.84 Å². The first-order chi connectivity index (χ1) is 12.9. The Kier molecular flexibility index (Phi) is 5.32. The fraction of sp³-hybridized carbons (Fsp3) is 0.100. The molecule has 0 spiro atoms. The van der Waals surface area contributed by atoms with Crippen LogP contribution < -0.4 is 4.74 Å². The molecule has 4 nitrogen and oxygen atoms in total. The van der Waals surface area contributed by atoms with Crippen LogP contribution in [-0.2, 0) is 11.2 Å². The van der Waals surface area contributed by atoms with Crippen LogP contribution in [0.25, 0.3) is 10.4 Å². The maximum absolute atomic E-state index is 13.4. The number of halogens is 2. The smallest absolute Gasteiger partial charge is 0.307 e. The number of thiophene rings is 1. The van der Waals surface area contributed by atoms with Gasteiger partial charge in [-0.15, -0.1) is 11.3 Å². The topological polar surface area (TPSA) is 63.6 Å². The van der Waals surface area contributed by atoms with Crippen molar-refractivity contribution in [2.75, 3.05) is 7.11 Å². The van der Waals surface area contributed by atoms with Gasteiger partial charge in [-0.25, -0.2) is 8.78 Å². The van der Waals surface area contributed by atoms with E-state index in [-0.39, 0.29) is 16.9 Å². The van der Waals surface area contributed by atoms with Crippen molar-refractivity contribution in [1.29, 1.82) is 0 Å². The van der Waals surface area contributed by atoms with Crippen molar-refractivity contribution in [3.8, 4) is 16.2 Å². The number of hydrogen-bond acceptors (Lipinski definition) is 4. The van der Waals surface area contributed by atoms with Crippen molar-refractivity contribution in [3.05, 3.63) is 76.2 Å². The van der Waals surface area contributed by atoms with E-state index >= 15 is 0 Å². The van der Waals surface area contributed by atoms with E-state index in [1.807, 2.05) is 0 Å². The molecule has 3 aromatic rings. The SMILES string of the molecule is COc1ccc(-c2sc(C(=O)c3cc(F)cc(F)c3)cc2CC(=O)O)cc1. The quantitative estimate of drug-likeness (QED) is 0.629. The highest BCUT2D eigenvalue weighted by Crippen LogP contribution is 2.35. The minimum absolute atomic E-state index is 0.128. The number of benzene rings is 2. The van der Waals surface area contributed by atoms with Gasteiger partial charge in [0.05, 0.1) is 18.4 Å². The van der Waals surface area contributed by atoms with E-state index in [2.05, 4.69) is 0 Å². The summed E-state index contributed by atoms with van der Waals surface area (Å²) in [6, 6.07) is 11.0. The highest BCUT2D eigenvalue weighted by atomic mass is 32.1. The molecule has 7 heteroatoms. The summed E-state index contributed by atoms with van der Waals surface area (Å²) in [5.74, 6) is -2.67. The molecule has 1 heterocycles. The van der Waals surface area contributed by atoms with Gasteiger partial charge in [0.15, 0.2) is 0 Å². The van der Waals surface area contributed by atoms with Crippen molar-refractivity contribution >= 4 is 23.1 Å². The van der Waals surface area contributed by atoms with Crippen LogP contribution >= 0.6 is 11.3 Å². The van der Waals surface area contributed by atoms with Crippen molar-refractivity contribution < 1.29 is 28.2 Å². The van der Waals surface area contributed by atoms with Crippen LogP contribution in [0.5, 0.6) is 5.75 Å². The molecule has 0 aliphatic carbocycles. The lowest BCUT2D eigenvalue weighted by molar-refractivity contribution is -0.136. The molecule has 0 aliphatic rings. The highest BCUT2D eigenvalue weighted by molar-refractivity contribution is 7.17. The fourth-order valence-corrected chi connectivity index (χ4v) is 3.80. The second-order valence-corrected chi connectivity index (χ2v) is 6.80. The van der Waals surface area contributed by atoms with Crippen LogP contribution in [0.3, 0.4) is 0 Å². The summed E-state index contributed by atoms with van der Waals surface area (Å²) >= 11 is 1.08. The first-order valence-corrected chi connectivity index (χ1v) is 8.68. The van der Waals surface area contributed by atoms with Crippen molar-refractivity contribution in [2.24, 2.45) is 0 Å². The van der Waals surface area contributed by atoms with Crippen LogP contribution in [0.15, 0.2) is 48.5 Å². The molecule has 0 aliphatic heterocycles. The van der Waals surface area contributed by atoms with E-state index in [0.717, 1.165) is 29.0 Å². The number of ketones is 1. The number of ether oxygens (including phenoxy) is 1. The molecule has 0 amide bonds. The number of carboxylic acid groups (broad SMARTS) is 1. The van der Waals surface area contributed by atoms with Gasteiger partial charge in [-0.1, -0.05) is 0 Å². The maximum Gasteiger partial charge on any atom is 0.307 e. The van der Waals surface area contributed by atoms with Crippen LogP contribution in [0.2, 0.25) is 0 Å². The molecule has 27 heavy (non-hydrogen) atoms. The summed E-state index contributed by atoms with van der Waals surface area (Å²) in [5, 5.41) is 9.16. The lowest BCUT2D eigenvalue weighted by Crippen LogP contribution is -2.01. The molecule has 0 bridgehead atoms. The zero-order valence-electron chi connectivity index (χ0n) is 14.2. The first kappa shape index (κ1) is 18.7. The van der Waals surface area contributed by atoms with E-state index in [9.17, 15) is 18.4 Å². The van der Waals surface area contributed by atoms with Gasteiger partial charge in [0.2, 0.25) is 5.78 Å². The Bertz CT molecular complexity index is 989. The third-order valence-electron chi connectivity index (χ3n) is 3.85. The summed E-state index contributed by atoms with van der Waals surface area (Å²) in [7, 11) is 1.53. The van der Waals surface area contributed by atoms with Crippen LogP contribution in [0.1, 0.15) is 20.8 Å². The number of carbonyl (C=O) groups excluding carboxylic acids is 1. The molecule has 2 aromatic carbocycles. The van der Waals surface area contributed by atoms with Crippen LogP contribution in [-0.4, -0.2) is 24.0 Å². The average Bonchev–Trinajstić information content (AvgIpc) is 3.03. The van der Waals surface area contributed by atoms with E-state index < -0.39 is 23.4 Å². The van der Waals surface area contributed by atoms with E-state index in [4.69, 9.17) is 9.84 Å². The summed E-state index contributed by atoms with van der Waals surface area (Å²) in [5.41, 5.74) is 1.05. The van der Waals surface area contributed by atoms with Crippen molar-refractivity contribution in [2.45, 2.75) is 6.42 Å². The van der Waals surface area contributed by atoms with Crippen molar-refractivity contribution in [3.63, 3.8) is 0 Å². The fourth-order valence-electron chi connectivity index (χ4n) is 2.65. The molecule has 0 unspecified atom stereocenters. The lowest BCUT2D eigenvalue weighted by atomic mass is 10.0. The Morgan fingerprint density at radius 1 is 1.04 bits per heavy atom. The Balaban J connectivity index is 2.04. The van der Waals surface area contributed by atoms with Gasteiger partial charge in [-0.05, 0) is 53.6 Å². The standard InChI is InChI=1S/C20H14F2O4S/c1-26-16-4-2-11(3-5-16)20-13(9-18(23)24)8-17(27-20)19(25)12-6-14(21)10-15(22)7-12/h2-8,10H,9H2,1H3,(H,23,24). The Labute approximate surface area is 157 Å². The zero-order valence-corrected chi connectivity index (χ0v) is 15.0. The molecule has 0 atom stereocenters.